The molecule has 0 amide bonds. The van der Waals surface area contributed by atoms with Gasteiger partial charge in [-0.1, -0.05) is 32.1 Å². The molecule has 0 aromatic carbocycles. The smallest absolute Gasteiger partial charge is 0.290 e. The van der Waals surface area contributed by atoms with Crippen LogP contribution in [0.2, 0.25) is 0 Å². The Morgan fingerprint density at radius 1 is 1.05 bits per heavy atom. The molecule has 232 valence electrons. The molecule has 4 aromatic heterocycles. The van der Waals surface area contributed by atoms with Crippen molar-refractivity contribution in [2.45, 2.75) is 69.5 Å². The van der Waals surface area contributed by atoms with Crippen molar-refractivity contribution in [1.29, 1.82) is 0 Å². The van der Waals surface area contributed by atoms with Gasteiger partial charge in [0, 0.05) is 32.8 Å². The van der Waals surface area contributed by atoms with Crippen molar-refractivity contribution >= 4 is 29.4 Å². The Bertz CT molecular complexity index is 1480. The number of anilines is 2. The van der Waals surface area contributed by atoms with Gasteiger partial charge in [0.2, 0.25) is 11.8 Å². The van der Waals surface area contributed by atoms with E-state index in [2.05, 4.69) is 36.0 Å². The fourth-order valence-electron chi connectivity index (χ4n) is 5.59. The molecule has 1 saturated carbocycles. The number of carbonyl (C=O) groups is 1. The summed E-state index contributed by atoms with van der Waals surface area (Å²) in [5.74, 6) is 1.95. The van der Waals surface area contributed by atoms with Gasteiger partial charge in [-0.25, -0.2) is 9.97 Å². The highest BCUT2D eigenvalue weighted by Gasteiger charge is 2.47. The van der Waals surface area contributed by atoms with E-state index in [-0.39, 0.29) is 12.3 Å². The molecular weight excluding hydrogens is 560 g/mol. The van der Waals surface area contributed by atoms with Crippen molar-refractivity contribution in [2.24, 2.45) is 20.0 Å². The van der Waals surface area contributed by atoms with Crippen LogP contribution in [0.5, 0.6) is 0 Å². The number of rotatable bonds is 10. The van der Waals surface area contributed by atoms with Gasteiger partial charge in [-0.15, -0.1) is 10.2 Å². The summed E-state index contributed by atoms with van der Waals surface area (Å²) >= 11 is 0. The number of hydrogen-bond donors (Lipinski definition) is 5. The van der Waals surface area contributed by atoms with Crippen LogP contribution in [0.3, 0.4) is 0 Å². The highest BCUT2D eigenvalue weighted by atomic mass is 16.6. The van der Waals surface area contributed by atoms with Crippen LogP contribution in [0.4, 0.5) is 11.8 Å². The zero-order valence-electron chi connectivity index (χ0n) is 24.2. The van der Waals surface area contributed by atoms with Gasteiger partial charge in [-0.05, 0) is 17.6 Å². The number of aliphatic hydroxyl groups is 2. The van der Waals surface area contributed by atoms with Crippen molar-refractivity contribution in [3.8, 4) is 0 Å². The van der Waals surface area contributed by atoms with Crippen molar-refractivity contribution in [2.75, 3.05) is 23.7 Å². The van der Waals surface area contributed by atoms with Crippen molar-refractivity contribution in [1.82, 2.24) is 49.3 Å². The normalized spacial score (nSPS) is 22.3. The van der Waals surface area contributed by atoms with E-state index in [0.717, 1.165) is 24.6 Å². The number of ether oxygens (including phenoxy) is 1. The summed E-state index contributed by atoms with van der Waals surface area (Å²) in [7, 11) is 3.56. The molecule has 1 aliphatic carbocycles. The molecule has 17 heteroatoms. The third-order valence-corrected chi connectivity index (χ3v) is 7.70. The molecule has 5 heterocycles. The number of nitrogens with zero attached hydrogens (tertiary/aromatic N) is 10. The van der Waals surface area contributed by atoms with Crippen LogP contribution in [-0.4, -0.2) is 96.4 Å². The van der Waals surface area contributed by atoms with E-state index < -0.39 is 24.5 Å². The van der Waals surface area contributed by atoms with Crippen molar-refractivity contribution in [3.05, 3.63) is 30.4 Å². The second-order valence-corrected chi connectivity index (χ2v) is 10.8. The average molecular weight is 599 g/mol. The topological polar surface area (TPSA) is 216 Å². The molecule has 5 N–H and O–H groups in total. The molecule has 43 heavy (non-hydrogen) atoms. The van der Waals surface area contributed by atoms with Crippen LogP contribution in [0, 0.1) is 5.92 Å². The van der Waals surface area contributed by atoms with Gasteiger partial charge in [-0.3, -0.25) is 9.36 Å². The molecule has 1 saturated heterocycles. The zero-order valence-corrected chi connectivity index (χ0v) is 24.2. The number of tetrazole rings is 1. The molecule has 4 atom stereocenters. The number of fused-ring (bicyclic) bond motifs is 1. The maximum absolute atomic E-state index is 10.9. The SMILES string of the molecule is Cn1cnc(CCNc2nc(NCCC3CCCCC3)c3ncn([C@@H]4O[C@H](c5nnn(C)n5)[C@@H](O)[C@H]4O)c3n2)c1.O=CO. The van der Waals surface area contributed by atoms with E-state index in [4.69, 9.17) is 24.6 Å². The Morgan fingerprint density at radius 2 is 1.84 bits per heavy atom. The predicted molar refractivity (Wildman–Crippen MR) is 153 cm³/mol. The Balaban J connectivity index is 0.00000118. The lowest BCUT2D eigenvalue weighted by Gasteiger charge is -2.21. The fourth-order valence-corrected chi connectivity index (χ4v) is 5.59. The summed E-state index contributed by atoms with van der Waals surface area (Å²) in [4.78, 5) is 28.1. The third-order valence-electron chi connectivity index (χ3n) is 7.70. The van der Waals surface area contributed by atoms with E-state index in [9.17, 15) is 10.2 Å². The highest BCUT2D eigenvalue weighted by Crippen LogP contribution is 2.39. The van der Waals surface area contributed by atoms with Gasteiger partial charge in [0.25, 0.3) is 6.47 Å². The van der Waals surface area contributed by atoms with Gasteiger partial charge in [0.05, 0.1) is 25.4 Å². The minimum absolute atomic E-state index is 0.192. The molecule has 4 aromatic rings. The summed E-state index contributed by atoms with van der Waals surface area (Å²) in [6, 6.07) is 0. The lowest BCUT2D eigenvalue weighted by atomic mass is 9.87. The van der Waals surface area contributed by atoms with Gasteiger partial charge >= 0.3 is 0 Å². The monoisotopic (exact) mass is 598 g/mol. The van der Waals surface area contributed by atoms with Gasteiger partial charge in [0.15, 0.2) is 29.3 Å². The van der Waals surface area contributed by atoms with Crippen LogP contribution >= 0.6 is 0 Å². The summed E-state index contributed by atoms with van der Waals surface area (Å²) in [5.41, 5.74) is 2.00. The molecule has 6 rings (SSSR count). The minimum Gasteiger partial charge on any atom is -0.483 e. The first kappa shape index (κ1) is 30.2. The van der Waals surface area contributed by atoms with Gasteiger partial charge in [0.1, 0.15) is 12.2 Å². The van der Waals surface area contributed by atoms with Crippen molar-refractivity contribution < 1.29 is 24.9 Å². The Hall–Kier alpha value is -4.22. The number of aliphatic hydroxyl groups excluding tert-OH is 2. The predicted octanol–water partition coefficient (Wildman–Crippen LogP) is 0.813. The number of aryl methyl sites for hydroxylation is 2. The Kier molecular flexibility index (Phi) is 9.73. The molecule has 2 aliphatic rings. The molecule has 17 nitrogen and oxygen atoms in total. The number of imidazole rings is 2. The first-order valence-electron chi connectivity index (χ1n) is 14.4. The summed E-state index contributed by atoms with van der Waals surface area (Å²) < 4.78 is 9.59. The maximum atomic E-state index is 10.9. The fraction of sp³-hybridized carbons (Fsp3) is 0.615. The van der Waals surface area contributed by atoms with E-state index in [1.165, 1.54) is 36.9 Å². The molecule has 1 aliphatic heterocycles. The summed E-state index contributed by atoms with van der Waals surface area (Å²) in [6.45, 7) is 1.11. The van der Waals surface area contributed by atoms with E-state index >= 15 is 0 Å². The van der Waals surface area contributed by atoms with Crippen LogP contribution in [0.15, 0.2) is 18.9 Å². The van der Waals surface area contributed by atoms with Crippen molar-refractivity contribution in [3.63, 3.8) is 0 Å². The van der Waals surface area contributed by atoms with E-state index in [0.29, 0.717) is 35.9 Å². The lowest BCUT2D eigenvalue weighted by Crippen LogP contribution is -2.29. The van der Waals surface area contributed by atoms with Crippen LogP contribution in [-0.2, 0) is 30.0 Å². The zero-order chi connectivity index (χ0) is 30.3. The standard InChI is InChI=1S/C25H36N12O3.CH2O2/c1-35-12-16(28-13-35)9-11-27-25-30-21(26-10-8-15-6-4-3-5-7-15)17-23(31-25)37(14-29-17)24-19(39)18(38)20(40-24)22-32-34-36(2)33-22;2-1-3/h12-15,18-20,24,38-39H,3-11H2,1-2H3,(H2,26,27,30,31);1H,(H,2,3)/t18-,19+,20-,24+;/m0./s1. The van der Waals surface area contributed by atoms with Gasteiger partial charge in [-0.2, -0.15) is 14.8 Å². The first-order valence-corrected chi connectivity index (χ1v) is 14.4. The van der Waals surface area contributed by atoms with Crippen LogP contribution in [0.25, 0.3) is 11.2 Å². The largest absolute Gasteiger partial charge is 0.483 e. The second kappa shape index (κ2) is 13.8. The second-order valence-electron chi connectivity index (χ2n) is 10.8. The first-order chi connectivity index (χ1) is 20.9. The van der Waals surface area contributed by atoms with E-state index in [1.54, 1.807) is 24.3 Å². The molecule has 0 unspecified atom stereocenters. The quantitative estimate of drug-likeness (QED) is 0.160. The Labute approximate surface area is 247 Å². The molecule has 0 spiro atoms. The number of nitrogens with one attached hydrogen (secondary N) is 2. The molecule has 2 fully saturated rings. The minimum atomic E-state index is -1.26. The third kappa shape index (κ3) is 7.06. The van der Waals surface area contributed by atoms with Crippen LogP contribution < -0.4 is 10.6 Å². The van der Waals surface area contributed by atoms with Crippen LogP contribution in [0.1, 0.15) is 62.4 Å². The average Bonchev–Trinajstić information content (AvgIpc) is 3.78. The molecule has 0 bridgehead atoms. The number of hydrogen-bond acceptors (Lipinski definition) is 13. The maximum Gasteiger partial charge on any atom is 0.290 e. The molecular formula is C26H38N12O5. The van der Waals surface area contributed by atoms with Gasteiger partial charge < -0.3 is 35.3 Å². The van der Waals surface area contributed by atoms with E-state index in [1.807, 2.05) is 17.8 Å². The number of carboxylic acid groups (broad SMARTS) is 1. The summed E-state index contributed by atoms with van der Waals surface area (Å²) in [6.07, 6.45) is 9.15. The lowest BCUT2D eigenvalue weighted by molar-refractivity contribution is -0.122. The number of aromatic nitrogens is 10. The Morgan fingerprint density at radius 3 is 2.53 bits per heavy atom. The molecule has 0 radical (unpaired) electrons. The highest BCUT2D eigenvalue weighted by molar-refractivity contribution is 5.84. The summed E-state index contributed by atoms with van der Waals surface area (Å²) in [5, 5.41) is 47.3.